The first kappa shape index (κ1) is 18.3. The van der Waals surface area contributed by atoms with Gasteiger partial charge in [0.1, 0.15) is 5.54 Å². The van der Waals surface area contributed by atoms with Gasteiger partial charge in [-0.2, -0.15) is 11.3 Å². The molecule has 1 fully saturated rings. The van der Waals surface area contributed by atoms with Crippen molar-refractivity contribution in [3.05, 3.63) is 40.6 Å². The van der Waals surface area contributed by atoms with Crippen molar-refractivity contribution in [3.63, 3.8) is 0 Å². The monoisotopic (exact) mass is 374 g/mol. The molecule has 0 saturated carbocycles. The Hall–Kier alpha value is -2.54. The van der Waals surface area contributed by atoms with Crippen molar-refractivity contribution >= 4 is 28.8 Å². The van der Waals surface area contributed by atoms with Gasteiger partial charge in [0.15, 0.2) is 11.5 Å². The van der Waals surface area contributed by atoms with Gasteiger partial charge in [-0.25, -0.2) is 0 Å². The van der Waals surface area contributed by atoms with Crippen molar-refractivity contribution in [2.75, 3.05) is 26.1 Å². The Bertz CT molecular complexity index is 806. The molecule has 1 aromatic heterocycles. The number of likely N-dealkylation sites (tertiary alicyclic amines) is 1. The minimum Gasteiger partial charge on any atom is -0.493 e. The number of carbonyl (C=O) groups excluding carboxylic acids is 2. The number of hydrogen-bond acceptors (Lipinski definition) is 5. The van der Waals surface area contributed by atoms with E-state index in [1.165, 1.54) is 0 Å². The molecule has 2 heterocycles. The van der Waals surface area contributed by atoms with Crippen LogP contribution in [0.25, 0.3) is 0 Å². The summed E-state index contributed by atoms with van der Waals surface area (Å²) in [6.45, 7) is 2.40. The first-order valence-electron chi connectivity index (χ1n) is 8.33. The highest BCUT2D eigenvalue weighted by molar-refractivity contribution is 7.08. The number of thiophene rings is 1. The lowest BCUT2D eigenvalue weighted by atomic mass is 9.85. The number of nitrogens with zero attached hydrogens (tertiary/aromatic N) is 1. The Morgan fingerprint density at radius 3 is 2.58 bits per heavy atom. The first-order chi connectivity index (χ1) is 12.5. The van der Waals surface area contributed by atoms with E-state index in [1.54, 1.807) is 55.6 Å². The Morgan fingerprint density at radius 2 is 2.00 bits per heavy atom. The topological polar surface area (TPSA) is 67.9 Å². The molecule has 26 heavy (non-hydrogen) atoms. The number of anilines is 1. The SMILES string of the molecule is COc1ccc(NC(=O)C2(C)CCN2C(=O)Cc2ccsc2)cc1OC. The Labute approximate surface area is 156 Å². The van der Waals surface area contributed by atoms with Gasteiger partial charge >= 0.3 is 0 Å². The number of benzene rings is 1. The van der Waals surface area contributed by atoms with Gasteiger partial charge in [0, 0.05) is 18.3 Å². The van der Waals surface area contributed by atoms with E-state index in [1.807, 2.05) is 16.8 Å². The van der Waals surface area contributed by atoms with Crippen molar-refractivity contribution < 1.29 is 19.1 Å². The zero-order valence-corrected chi connectivity index (χ0v) is 15.9. The summed E-state index contributed by atoms with van der Waals surface area (Å²) in [6, 6.07) is 7.12. The summed E-state index contributed by atoms with van der Waals surface area (Å²) in [7, 11) is 3.10. The zero-order chi connectivity index (χ0) is 18.7. The number of nitrogens with one attached hydrogen (secondary N) is 1. The van der Waals surface area contributed by atoms with E-state index in [0.29, 0.717) is 36.6 Å². The molecule has 2 amide bonds. The van der Waals surface area contributed by atoms with E-state index in [0.717, 1.165) is 5.56 Å². The van der Waals surface area contributed by atoms with Crippen LogP contribution >= 0.6 is 11.3 Å². The van der Waals surface area contributed by atoms with Crippen LogP contribution < -0.4 is 14.8 Å². The Morgan fingerprint density at radius 1 is 1.23 bits per heavy atom. The lowest BCUT2D eigenvalue weighted by Gasteiger charge is -2.49. The van der Waals surface area contributed by atoms with Crippen molar-refractivity contribution in [2.24, 2.45) is 0 Å². The number of methoxy groups -OCH3 is 2. The number of hydrogen-bond donors (Lipinski definition) is 1. The molecule has 1 atom stereocenters. The van der Waals surface area contributed by atoms with Gasteiger partial charge in [-0.3, -0.25) is 9.59 Å². The molecule has 138 valence electrons. The van der Waals surface area contributed by atoms with Crippen LogP contribution in [-0.4, -0.2) is 43.0 Å². The van der Waals surface area contributed by atoms with E-state index in [9.17, 15) is 9.59 Å². The number of amides is 2. The molecule has 1 unspecified atom stereocenters. The van der Waals surface area contributed by atoms with Gasteiger partial charge in [0.2, 0.25) is 11.8 Å². The highest BCUT2D eigenvalue weighted by Crippen LogP contribution is 2.34. The number of ether oxygens (including phenoxy) is 2. The molecule has 1 saturated heterocycles. The second-order valence-electron chi connectivity index (χ2n) is 6.40. The molecule has 0 aliphatic carbocycles. The van der Waals surface area contributed by atoms with Gasteiger partial charge in [-0.15, -0.1) is 0 Å². The average Bonchev–Trinajstić information content (AvgIpc) is 3.12. The predicted molar refractivity (Wildman–Crippen MR) is 101 cm³/mol. The molecule has 0 spiro atoms. The molecule has 1 aliphatic heterocycles. The quantitative estimate of drug-likeness (QED) is 0.844. The maximum atomic E-state index is 12.8. The third kappa shape index (κ3) is 3.39. The van der Waals surface area contributed by atoms with Crippen LogP contribution in [0.5, 0.6) is 11.5 Å². The molecule has 1 N–H and O–H groups in total. The van der Waals surface area contributed by atoms with Gasteiger partial charge < -0.3 is 19.7 Å². The minimum atomic E-state index is -0.833. The largest absolute Gasteiger partial charge is 0.493 e. The van der Waals surface area contributed by atoms with E-state index in [-0.39, 0.29) is 11.8 Å². The molecule has 1 aromatic carbocycles. The standard InChI is InChI=1S/C19H22N2O4S/c1-19(7-8-21(19)17(22)10-13-6-9-26-12-13)18(23)20-14-4-5-15(24-2)16(11-14)25-3/h4-6,9,11-12H,7-8,10H2,1-3H3,(H,20,23). The van der Waals surface area contributed by atoms with Gasteiger partial charge in [0.05, 0.1) is 20.6 Å². The minimum absolute atomic E-state index is 0.0281. The summed E-state index contributed by atoms with van der Waals surface area (Å²) in [5.74, 6) is 0.900. The summed E-state index contributed by atoms with van der Waals surface area (Å²) >= 11 is 1.56. The van der Waals surface area contributed by atoms with Crippen LogP contribution in [0.1, 0.15) is 18.9 Å². The predicted octanol–water partition coefficient (Wildman–Crippen LogP) is 2.94. The van der Waals surface area contributed by atoms with Crippen LogP contribution in [0.15, 0.2) is 35.0 Å². The molecule has 0 radical (unpaired) electrons. The summed E-state index contributed by atoms with van der Waals surface area (Å²) < 4.78 is 10.5. The highest BCUT2D eigenvalue weighted by Gasteiger charge is 2.49. The fourth-order valence-corrected chi connectivity index (χ4v) is 3.71. The third-order valence-electron chi connectivity index (χ3n) is 4.79. The van der Waals surface area contributed by atoms with Crippen LogP contribution in [-0.2, 0) is 16.0 Å². The fraction of sp³-hybridized carbons (Fsp3) is 0.368. The van der Waals surface area contributed by atoms with E-state index in [2.05, 4.69) is 5.32 Å². The van der Waals surface area contributed by atoms with Crippen LogP contribution in [0, 0.1) is 0 Å². The van der Waals surface area contributed by atoms with Crippen molar-refractivity contribution in [3.8, 4) is 11.5 Å². The highest BCUT2D eigenvalue weighted by atomic mass is 32.1. The Kier molecular flexibility index (Phi) is 5.18. The summed E-state index contributed by atoms with van der Waals surface area (Å²) in [6.07, 6.45) is 0.963. The maximum absolute atomic E-state index is 12.8. The molecule has 6 nitrogen and oxygen atoms in total. The summed E-state index contributed by atoms with van der Waals surface area (Å²) in [5, 5.41) is 6.79. The van der Waals surface area contributed by atoms with Crippen LogP contribution in [0.2, 0.25) is 0 Å². The molecular formula is C19H22N2O4S. The van der Waals surface area contributed by atoms with Gasteiger partial charge in [0.25, 0.3) is 0 Å². The van der Waals surface area contributed by atoms with Crippen molar-refractivity contribution in [1.82, 2.24) is 4.90 Å². The van der Waals surface area contributed by atoms with Crippen LogP contribution in [0.3, 0.4) is 0 Å². The molecular weight excluding hydrogens is 352 g/mol. The van der Waals surface area contributed by atoms with Gasteiger partial charge in [-0.1, -0.05) is 0 Å². The smallest absolute Gasteiger partial charge is 0.250 e. The zero-order valence-electron chi connectivity index (χ0n) is 15.1. The lowest BCUT2D eigenvalue weighted by Crippen LogP contribution is -2.66. The van der Waals surface area contributed by atoms with Crippen molar-refractivity contribution in [1.29, 1.82) is 0 Å². The van der Waals surface area contributed by atoms with Crippen LogP contribution in [0.4, 0.5) is 5.69 Å². The second kappa shape index (κ2) is 7.37. The summed E-state index contributed by atoms with van der Waals surface area (Å²) in [4.78, 5) is 27.0. The first-order valence-corrected chi connectivity index (χ1v) is 9.27. The maximum Gasteiger partial charge on any atom is 0.250 e. The molecule has 3 rings (SSSR count). The number of carbonyl (C=O) groups is 2. The van der Waals surface area contributed by atoms with Gasteiger partial charge in [-0.05, 0) is 47.9 Å². The van der Waals surface area contributed by atoms with Crippen molar-refractivity contribution in [2.45, 2.75) is 25.3 Å². The third-order valence-corrected chi connectivity index (χ3v) is 5.52. The second-order valence-corrected chi connectivity index (χ2v) is 7.18. The molecule has 2 aromatic rings. The van der Waals surface area contributed by atoms with E-state index >= 15 is 0 Å². The summed E-state index contributed by atoms with van der Waals surface area (Å²) in [5.41, 5.74) is 0.751. The fourth-order valence-electron chi connectivity index (χ4n) is 3.04. The average molecular weight is 374 g/mol. The lowest BCUT2D eigenvalue weighted by molar-refractivity contribution is -0.154. The van der Waals surface area contributed by atoms with E-state index in [4.69, 9.17) is 9.47 Å². The normalized spacial score (nSPS) is 18.8. The number of rotatable bonds is 6. The Balaban J connectivity index is 1.69. The van der Waals surface area contributed by atoms with E-state index < -0.39 is 5.54 Å². The molecule has 1 aliphatic rings. The molecule has 0 bridgehead atoms. The molecule has 7 heteroatoms.